The Bertz CT molecular complexity index is 574. The minimum Gasteiger partial charge on any atom is -0.493 e. The van der Waals surface area contributed by atoms with Crippen molar-refractivity contribution >= 4 is 6.03 Å². The van der Waals surface area contributed by atoms with Gasteiger partial charge in [0, 0.05) is 32.6 Å². The van der Waals surface area contributed by atoms with Crippen LogP contribution in [0, 0.1) is 0 Å². The summed E-state index contributed by atoms with van der Waals surface area (Å²) in [5.41, 5.74) is 0.945. The molecule has 0 saturated carbocycles. The molecule has 26 heavy (non-hydrogen) atoms. The Morgan fingerprint density at radius 1 is 1.19 bits per heavy atom. The van der Waals surface area contributed by atoms with Crippen molar-refractivity contribution < 1.29 is 23.9 Å². The second-order valence-corrected chi connectivity index (χ2v) is 6.72. The van der Waals surface area contributed by atoms with Gasteiger partial charge in [-0.2, -0.15) is 0 Å². The number of morpholine rings is 1. The zero-order valence-corrected chi connectivity index (χ0v) is 16.4. The largest absolute Gasteiger partial charge is 0.493 e. The van der Waals surface area contributed by atoms with Crippen LogP contribution in [-0.2, 0) is 11.3 Å². The van der Waals surface area contributed by atoms with E-state index in [-0.39, 0.29) is 6.03 Å². The summed E-state index contributed by atoms with van der Waals surface area (Å²) in [7, 11) is 6.81. The number of hydrogen-bond acceptors (Lipinski definition) is 4. The number of hydrogen-bond donors (Lipinski definition) is 1. The van der Waals surface area contributed by atoms with Crippen molar-refractivity contribution in [1.82, 2.24) is 9.80 Å². The first-order valence-corrected chi connectivity index (χ1v) is 9.14. The van der Waals surface area contributed by atoms with E-state index in [1.165, 1.54) is 0 Å². The van der Waals surface area contributed by atoms with Gasteiger partial charge in [0.05, 0.1) is 40.5 Å². The number of amides is 2. The lowest BCUT2D eigenvalue weighted by atomic mass is 10.1. The first kappa shape index (κ1) is 20.3. The molecular formula is C19H32N3O4+. The summed E-state index contributed by atoms with van der Waals surface area (Å²) in [6, 6.07) is 5.77. The number of nitrogens with zero attached hydrogens (tertiary/aromatic N) is 2. The molecule has 1 aromatic carbocycles. The van der Waals surface area contributed by atoms with Gasteiger partial charge in [0.25, 0.3) is 0 Å². The van der Waals surface area contributed by atoms with Gasteiger partial charge in [0.1, 0.15) is 13.1 Å². The number of rotatable bonds is 8. The summed E-state index contributed by atoms with van der Waals surface area (Å²) in [5, 5.41) is 0. The normalized spacial score (nSPS) is 14.8. The van der Waals surface area contributed by atoms with Crippen LogP contribution in [0.5, 0.6) is 11.5 Å². The smallest absolute Gasteiger partial charge is 0.319 e. The van der Waals surface area contributed by atoms with E-state index in [4.69, 9.17) is 14.2 Å². The highest BCUT2D eigenvalue weighted by molar-refractivity contribution is 5.74. The second-order valence-electron chi connectivity index (χ2n) is 6.72. The van der Waals surface area contributed by atoms with Crippen LogP contribution in [0.1, 0.15) is 12.0 Å². The molecule has 1 saturated heterocycles. The Morgan fingerprint density at radius 3 is 2.54 bits per heavy atom. The first-order chi connectivity index (χ1) is 12.6. The summed E-state index contributed by atoms with van der Waals surface area (Å²) in [6.07, 6.45) is 0.960. The average molecular weight is 366 g/mol. The molecule has 7 nitrogen and oxygen atoms in total. The summed E-state index contributed by atoms with van der Waals surface area (Å²) < 4.78 is 16.3. The number of ether oxygens (including phenoxy) is 3. The van der Waals surface area contributed by atoms with E-state index in [2.05, 4.69) is 0 Å². The minimum atomic E-state index is 0.00634. The molecule has 1 fully saturated rings. The number of carbonyl (C=O) groups is 1. The fourth-order valence-corrected chi connectivity index (χ4v) is 3.24. The van der Waals surface area contributed by atoms with Gasteiger partial charge in [-0.3, -0.25) is 0 Å². The van der Waals surface area contributed by atoms with E-state index in [1.807, 2.05) is 23.1 Å². The number of para-hydroxylation sites is 1. The molecule has 0 atom stereocenters. The topological polar surface area (TPSA) is 55.7 Å². The van der Waals surface area contributed by atoms with E-state index < -0.39 is 0 Å². The maximum Gasteiger partial charge on any atom is 0.319 e. The predicted molar refractivity (Wildman–Crippen MR) is 100 cm³/mol. The van der Waals surface area contributed by atoms with Crippen LogP contribution in [0.2, 0.25) is 0 Å². The van der Waals surface area contributed by atoms with E-state index >= 15 is 0 Å². The molecule has 2 rings (SSSR count). The number of methoxy groups -OCH3 is 2. The van der Waals surface area contributed by atoms with Crippen LogP contribution in [0.15, 0.2) is 18.2 Å². The van der Waals surface area contributed by atoms with Crippen molar-refractivity contribution in [3.63, 3.8) is 0 Å². The van der Waals surface area contributed by atoms with E-state index in [0.717, 1.165) is 44.8 Å². The van der Waals surface area contributed by atoms with Gasteiger partial charge in [-0.25, -0.2) is 4.79 Å². The van der Waals surface area contributed by atoms with Gasteiger partial charge in [-0.15, -0.1) is 0 Å². The van der Waals surface area contributed by atoms with Gasteiger partial charge in [0.15, 0.2) is 11.5 Å². The lowest BCUT2D eigenvalue weighted by Gasteiger charge is -2.28. The number of quaternary nitrogens is 1. The molecule has 0 aromatic heterocycles. The maximum atomic E-state index is 12.6. The Kier molecular flexibility index (Phi) is 8.00. The van der Waals surface area contributed by atoms with Crippen molar-refractivity contribution in [1.29, 1.82) is 0 Å². The van der Waals surface area contributed by atoms with Gasteiger partial charge in [-0.05, 0) is 6.07 Å². The maximum absolute atomic E-state index is 12.6. The van der Waals surface area contributed by atoms with Gasteiger partial charge >= 0.3 is 6.03 Å². The molecule has 1 aliphatic heterocycles. The second kappa shape index (κ2) is 10.2. The summed E-state index contributed by atoms with van der Waals surface area (Å²) >= 11 is 0. The highest BCUT2D eigenvalue weighted by Gasteiger charge is 2.20. The van der Waals surface area contributed by atoms with E-state index in [1.54, 1.807) is 38.1 Å². The van der Waals surface area contributed by atoms with Crippen LogP contribution in [0.4, 0.5) is 4.79 Å². The molecule has 0 aliphatic carbocycles. The first-order valence-electron chi connectivity index (χ1n) is 9.14. The Morgan fingerprint density at radius 2 is 1.92 bits per heavy atom. The molecule has 0 radical (unpaired) electrons. The van der Waals surface area contributed by atoms with Crippen LogP contribution in [0.25, 0.3) is 0 Å². The number of urea groups is 1. The van der Waals surface area contributed by atoms with E-state index in [9.17, 15) is 4.79 Å². The third-order valence-electron chi connectivity index (χ3n) is 4.66. The molecule has 0 spiro atoms. The summed E-state index contributed by atoms with van der Waals surface area (Å²) in [4.78, 5) is 17.7. The highest BCUT2D eigenvalue weighted by atomic mass is 16.5. The number of carbonyl (C=O) groups excluding carboxylic acids is 1. The third kappa shape index (κ3) is 5.51. The Balaban J connectivity index is 2.04. The summed E-state index contributed by atoms with van der Waals surface area (Å²) in [5.74, 6) is 1.37. The molecule has 2 amide bonds. The van der Waals surface area contributed by atoms with Crippen LogP contribution in [-0.4, -0.2) is 83.5 Å². The third-order valence-corrected chi connectivity index (χ3v) is 4.66. The molecule has 1 N–H and O–H groups in total. The number of nitrogens with one attached hydrogen (secondary N) is 1. The van der Waals surface area contributed by atoms with Gasteiger partial charge in [0.2, 0.25) is 0 Å². The molecule has 1 heterocycles. The lowest BCUT2D eigenvalue weighted by Crippen LogP contribution is -3.14. The van der Waals surface area contributed by atoms with Crippen molar-refractivity contribution in [2.75, 3.05) is 67.7 Å². The zero-order chi connectivity index (χ0) is 18.9. The van der Waals surface area contributed by atoms with Crippen molar-refractivity contribution in [2.24, 2.45) is 0 Å². The average Bonchev–Trinajstić information content (AvgIpc) is 2.67. The molecular weight excluding hydrogens is 334 g/mol. The van der Waals surface area contributed by atoms with Crippen molar-refractivity contribution in [3.05, 3.63) is 23.8 Å². The summed E-state index contributed by atoms with van der Waals surface area (Å²) in [6.45, 7) is 6.01. The Hall–Kier alpha value is -1.99. The Labute approximate surface area is 156 Å². The van der Waals surface area contributed by atoms with Gasteiger partial charge < -0.3 is 28.9 Å². The highest BCUT2D eigenvalue weighted by Crippen LogP contribution is 2.31. The molecule has 1 aliphatic rings. The minimum absolute atomic E-state index is 0.00634. The monoisotopic (exact) mass is 366 g/mol. The lowest BCUT2D eigenvalue weighted by molar-refractivity contribution is -0.908. The fraction of sp³-hybridized carbons (Fsp3) is 0.632. The fourth-order valence-electron chi connectivity index (χ4n) is 3.24. The molecule has 1 aromatic rings. The van der Waals surface area contributed by atoms with E-state index in [0.29, 0.717) is 24.6 Å². The van der Waals surface area contributed by atoms with Gasteiger partial charge in [-0.1, -0.05) is 12.1 Å². The van der Waals surface area contributed by atoms with Crippen molar-refractivity contribution in [2.45, 2.75) is 13.0 Å². The SMILES string of the molecule is COc1cccc(CN(CCC[NH+]2CCOCC2)C(=O)N(C)C)c1OC. The molecule has 146 valence electrons. The number of benzene rings is 1. The molecule has 0 unspecified atom stereocenters. The predicted octanol–water partition coefficient (Wildman–Crippen LogP) is 0.493. The standard InChI is InChI=1S/C19H31N3O4/c1-20(2)19(23)22(10-6-9-21-11-13-26-14-12-21)15-16-7-5-8-17(24-3)18(16)25-4/h5,7-8H,6,9-15H2,1-4H3/p+1. The zero-order valence-electron chi connectivity index (χ0n) is 16.4. The quantitative estimate of drug-likeness (QED) is 0.728. The van der Waals surface area contributed by atoms with Crippen LogP contribution < -0.4 is 14.4 Å². The van der Waals surface area contributed by atoms with Crippen LogP contribution in [0.3, 0.4) is 0 Å². The van der Waals surface area contributed by atoms with Crippen LogP contribution >= 0.6 is 0 Å². The van der Waals surface area contributed by atoms with Crippen molar-refractivity contribution in [3.8, 4) is 11.5 Å². The molecule has 7 heteroatoms. The molecule has 0 bridgehead atoms.